The number of carbonyl (C=O) groups is 1. The monoisotopic (exact) mass is 351 g/mol. The Labute approximate surface area is 137 Å². The molecule has 1 amide bonds. The highest BCUT2D eigenvalue weighted by molar-refractivity contribution is 7.89. The molecule has 0 bridgehead atoms. The van der Waals surface area contributed by atoms with Crippen LogP contribution in [0.1, 0.15) is 13.8 Å². The van der Waals surface area contributed by atoms with E-state index in [1.54, 1.807) is 19.9 Å². The van der Waals surface area contributed by atoms with E-state index in [-0.39, 0.29) is 23.1 Å². The number of nitrogens with one attached hydrogen (secondary N) is 1. The van der Waals surface area contributed by atoms with Crippen molar-refractivity contribution in [2.75, 3.05) is 26.0 Å². The largest absolute Gasteiger partial charge is 0.492 e. The molecule has 0 saturated heterocycles. The van der Waals surface area contributed by atoms with Crippen LogP contribution < -0.4 is 15.8 Å². The third-order valence-electron chi connectivity index (χ3n) is 2.68. The topological polar surface area (TPSA) is 102 Å². The predicted octanol–water partition coefficient (Wildman–Crippen LogP) is 1.04. The number of halogens is 1. The van der Waals surface area contributed by atoms with Gasteiger partial charge in [-0.1, -0.05) is 0 Å². The Morgan fingerprint density at radius 1 is 1.41 bits per heavy atom. The van der Waals surface area contributed by atoms with E-state index in [0.29, 0.717) is 12.3 Å². The van der Waals surface area contributed by atoms with Gasteiger partial charge in [0.15, 0.2) is 0 Å². The lowest BCUT2D eigenvalue weighted by Gasteiger charge is -2.17. The van der Waals surface area contributed by atoms with Crippen molar-refractivity contribution in [3.05, 3.63) is 18.2 Å². The molecule has 1 rings (SSSR count). The molecule has 0 saturated carbocycles. The Bertz CT molecular complexity index is 618. The summed E-state index contributed by atoms with van der Waals surface area (Å²) in [5, 5.41) is 2.56. The van der Waals surface area contributed by atoms with Crippen LogP contribution in [0.25, 0.3) is 0 Å². The highest BCUT2D eigenvalue weighted by Crippen LogP contribution is 2.29. The number of hydrogen-bond donors (Lipinski definition) is 2. The molecule has 0 aliphatic heterocycles. The molecule has 1 aromatic rings. The average Bonchev–Trinajstić information content (AvgIpc) is 2.40. The standard InChI is InChI=1S/C13H21N3O4S.ClH/c1-5-20-11-7-6-10(15-13(17)9(2)14)8-12(11)21(18,19)16(3)4;/h6-9H,5,14H2,1-4H3,(H,15,17);1H/t9-;/m0./s1. The third-order valence-corrected chi connectivity index (χ3v) is 4.52. The second kappa shape index (κ2) is 8.33. The lowest BCUT2D eigenvalue weighted by Crippen LogP contribution is -2.32. The second-order valence-corrected chi connectivity index (χ2v) is 6.78. The summed E-state index contributed by atoms with van der Waals surface area (Å²) in [6, 6.07) is 3.75. The highest BCUT2D eigenvalue weighted by atomic mass is 35.5. The van der Waals surface area contributed by atoms with Gasteiger partial charge in [0.05, 0.1) is 12.6 Å². The summed E-state index contributed by atoms with van der Waals surface area (Å²) >= 11 is 0. The maximum absolute atomic E-state index is 12.3. The van der Waals surface area contributed by atoms with Crippen molar-refractivity contribution >= 4 is 34.0 Å². The first-order valence-corrected chi connectivity index (χ1v) is 7.90. The SMILES string of the molecule is CCOc1ccc(NC(=O)[C@H](C)N)cc1S(=O)(=O)N(C)C.Cl. The molecule has 9 heteroatoms. The van der Waals surface area contributed by atoms with Gasteiger partial charge in [-0.2, -0.15) is 0 Å². The quantitative estimate of drug-likeness (QED) is 0.797. The van der Waals surface area contributed by atoms with Crippen molar-refractivity contribution in [1.29, 1.82) is 0 Å². The number of benzene rings is 1. The Hall–Kier alpha value is -1.35. The molecule has 0 fully saturated rings. The average molecular weight is 352 g/mol. The van der Waals surface area contributed by atoms with E-state index < -0.39 is 22.0 Å². The first kappa shape index (κ1) is 20.6. The van der Waals surface area contributed by atoms with Crippen LogP contribution in [0.15, 0.2) is 23.1 Å². The van der Waals surface area contributed by atoms with Crippen molar-refractivity contribution in [3.63, 3.8) is 0 Å². The summed E-state index contributed by atoms with van der Waals surface area (Å²) in [6.45, 7) is 3.64. The zero-order chi connectivity index (χ0) is 16.2. The maximum atomic E-state index is 12.3. The van der Waals surface area contributed by atoms with E-state index in [1.165, 1.54) is 26.2 Å². The molecule has 0 unspecified atom stereocenters. The lowest BCUT2D eigenvalue weighted by atomic mass is 10.2. The minimum Gasteiger partial charge on any atom is -0.492 e. The first-order chi connectivity index (χ1) is 9.70. The second-order valence-electron chi connectivity index (χ2n) is 4.66. The molecule has 3 N–H and O–H groups in total. The Morgan fingerprint density at radius 3 is 2.45 bits per heavy atom. The van der Waals surface area contributed by atoms with Crippen LogP contribution in [-0.2, 0) is 14.8 Å². The number of nitrogens with zero attached hydrogens (tertiary/aromatic N) is 1. The highest BCUT2D eigenvalue weighted by Gasteiger charge is 2.23. The molecular weight excluding hydrogens is 330 g/mol. The maximum Gasteiger partial charge on any atom is 0.246 e. The number of amides is 1. The summed E-state index contributed by atoms with van der Waals surface area (Å²) < 4.78 is 31.0. The summed E-state index contributed by atoms with van der Waals surface area (Å²) in [5.41, 5.74) is 5.82. The van der Waals surface area contributed by atoms with Crippen LogP contribution in [0.3, 0.4) is 0 Å². The number of hydrogen-bond acceptors (Lipinski definition) is 5. The molecule has 22 heavy (non-hydrogen) atoms. The van der Waals surface area contributed by atoms with Crippen LogP contribution in [0.2, 0.25) is 0 Å². The smallest absolute Gasteiger partial charge is 0.246 e. The lowest BCUT2D eigenvalue weighted by molar-refractivity contribution is -0.117. The van der Waals surface area contributed by atoms with Crippen molar-refractivity contribution in [2.24, 2.45) is 5.73 Å². The number of ether oxygens (including phenoxy) is 1. The van der Waals surface area contributed by atoms with Gasteiger partial charge in [0.1, 0.15) is 10.6 Å². The van der Waals surface area contributed by atoms with Crippen molar-refractivity contribution in [2.45, 2.75) is 24.8 Å². The molecule has 7 nitrogen and oxygen atoms in total. The van der Waals surface area contributed by atoms with Crippen molar-refractivity contribution in [3.8, 4) is 5.75 Å². The molecule has 1 aromatic carbocycles. The summed E-state index contributed by atoms with van der Waals surface area (Å²) in [7, 11) is -0.825. The van der Waals surface area contributed by atoms with Gasteiger partial charge in [-0.15, -0.1) is 12.4 Å². The molecule has 126 valence electrons. The van der Waals surface area contributed by atoms with Gasteiger partial charge in [-0.25, -0.2) is 12.7 Å². The number of anilines is 1. The van der Waals surface area contributed by atoms with E-state index in [2.05, 4.69) is 5.32 Å². The Balaban J connectivity index is 0.00000441. The van der Waals surface area contributed by atoms with Crippen molar-refractivity contribution < 1.29 is 17.9 Å². The van der Waals surface area contributed by atoms with Crippen LogP contribution in [0, 0.1) is 0 Å². The summed E-state index contributed by atoms with van der Waals surface area (Å²) in [6.07, 6.45) is 0. The van der Waals surface area contributed by atoms with Gasteiger partial charge >= 0.3 is 0 Å². The fourth-order valence-corrected chi connectivity index (χ4v) is 2.57. The van der Waals surface area contributed by atoms with Crippen LogP contribution in [-0.4, -0.2) is 45.4 Å². The minimum atomic E-state index is -3.68. The number of rotatable bonds is 6. The van der Waals surface area contributed by atoms with Crippen LogP contribution in [0.5, 0.6) is 5.75 Å². The normalized spacial score (nSPS) is 12.5. The number of carbonyl (C=O) groups excluding carboxylic acids is 1. The van der Waals surface area contributed by atoms with Gasteiger partial charge in [0.25, 0.3) is 0 Å². The van der Waals surface area contributed by atoms with E-state index >= 15 is 0 Å². The fourth-order valence-electron chi connectivity index (χ4n) is 1.51. The molecule has 0 heterocycles. The summed E-state index contributed by atoms with van der Waals surface area (Å²) in [4.78, 5) is 11.6. The molecular formula is C13H22ClN3O4S. The van der Waals surface area contributed by atoms with Gasteiger partial charge in [0.2, 0.25) is 15.9 Å². The fraction of sp³-hybridized carbons (Fsp3) is 0.462. The molecule has 0 spiro atoms. The van der Waals surface area contributed by atoms with Gasteiger partial charge in [-0.3, -0.25) is 4.79 Å². The predicted molar refractivity (Wildman–Crippen MR) is 88.0 cm³/mol. The van der Waals surface area contributed by atoms with Crippen LogP contribution in [0.4, 0.5) is 5.69 Å². The van der Waals surface area contributed by atoms with E-state index in [4.69, 9.17) is 10.5 Å². The molecule has 0 aliphatic rings. The molecule has 1 atom stereocenters. The van der Waals surface area contributed by atoms with Crippen molar-refractivity contribution in [1.82, 2.24) is 4.31 Å². The summed E-state index contributed by atoms with van der Waals surface area (Å²) in [5.74, 6) is -0.155. The third kappa shape index (κ3) is 4.84. The zero-order valence-electron chi connectivity index (χ0n) is 13.0. The van der Waals surface area contributed by atoms with Gasteiger partial charge in [-0.05, 0) is 32.0 Å². The van der Waals surface area contributed by atoms with Crippen LogP contribution >= 0.6 is 12.4 Å². The van der Waals surface area contributed by atoms with E-state index in [9.17, 15) is 13.2 Å². The molecule has 0 aliphatic carbocycles. The molecule has 0 aromatic heterocycles. The zero-order valence-corrected chi connectivity index (χ0v) is 14.6. The minimum absolute atomic E-state index is 0. The van der Waals surface area contributed by atoms with Gasteiger partial charge < -0.3 is 15.8 Å². The molecule has 0 radical (unpaired) electrons. The first-order valence-electron chi connectivity index (χ1n) is 6.46. The van der Waals surface area contributed by atoms with Gasteiger partial charge in [0, 0.05) is 19.8 Å². The number of sulfonamides is 1. The Kier molecular flexibility index (Phi) is 7.82. The van der Waals surface area contributed by atoms with E-state index in [0.717, 1.165) is 4.31 Å². The number of nitrogens with two attached hydrogens (primary N) is 1. The van der Waals surface area contributed by atoms with E-state index in [1.807, 2.05) is 0 Å². The Morgan fingerprint density at radius 2 is 2.00 bits per heavy atom.